The van der Waals surface area contributed by atoms with Crippen LogP contribution in [-0.4, -0.2) is 18.3 Å². The van der Waals surface area contributed by atoms with Crippen molar-refractivity contribution in [2.75, 3.05) is 13.2 Å². The van der Waals surface area contributed by atoms with Crippen LogP contribution in [0.3, 0.4) is 0 Å². The zero-order valence-corrected chi connectivity index (χ0v) is 11.2. The van der Waals surface area contributed by atoms with Gasteiger partial charge in [-0.1, -0.05) is 32.8 Å². The summed E-state index contributed by atoms with van der Waals surface area (Å²) in [4.78, 5) is 0. The summed E-state index contributed by atoms with van der Waals surface area (Å²) in [5, 5.41) is 10.4. The highest BCUT2D eigenvalue weighted by molar-refractivity contribution is 5.44. The van der Waals surface area contributed by atoms with Crippen LogP contribution in [0.4, 0.5) is 0 Å². The van der Waals surface area contributed by atoms with Gasteiger partial charge in [0.1, 0.15) is 0 Å². The summed E-state index contributed by atoms with van der Waals surface area (Å²) in [7, 11) is 0. The Labute approximate surface area is 109 Å². The molecule has 3 heteroatoms. The van der Waals surface area contributed by atoms with E-state index in [0.29, 0.717) is 19.1 Å². The molecule has 1 heterocycles. The number of aliphatic hydroxyl groups excluding tert-OH is 1. The molecule has 0 amide bonds. The smallest absolute Gasteiger partial charge is 0.161 e. The summed E-state index contributed by atoms with van der Waals surface area (Å²) >= 11 is 0. The minimum absolute atomic E-state index is 0.301. The largest absolute Gasteiger partial charge is 0.490 e. The average Bonchev–Trinajstić information content (AvgIpc) is 2.64. The van der Waals surface area contributed by atoms with Gasteiger partial charge in [0.25, 0.3) is 0 Å². The monoisotopic (exact) mass is 250 g/mol. The molecule has 0 saturated heterocycles. The van der Waals surface area contributed by atoms with E-state index in [1.54, 1.807) is 0 Å². The first-order valence-electron chi connectivity index (χ1n) is 6.83. The van der Waals surface area contributed by atoms with Crippen LogP contribution >= 0.6 is 0 Å². The third-order valence-electron chi connectivity index (χ3n) is 3.61. The zero-order chi connectivity index (χ0) is 13.0. The Morgan fingerprint density at radius 1 is 1.11 bits per heavy atom. The van der Waals surface area contributed by atoms with Gasteiger partial charge in [-0.15, -0.1) is 0 Å². The molecule has 1 N–H and O–H groups in total. The molecule has 0 fully saturated rings. The quantitative estimate of drug-likeness (QED) is 0.891. The molecular formula is C15H22O3. The van der Waals surface area contributed by atoms with Crippen LogP contribution in [0.5, 0.6) is 11.5 Å². The molecule has 1 unspecified atom stereocenters. The lowest BCUT2D eigenvalue weighted by molar-refractivity contribution is 0.103. The van der Waals surface area contributed by atoms with Crippen molar-refractivity contribution in [1.29, 1.82) is 0 Å². The van der Waals surface area contributed by atoms with E-state index >= 15 is 0 Å². The zero-order valence-electron chi connectivity index (χ0n) is 11.2. The van der Waals surface area contributed by atoms with Gasteiger partial charge < -0.3 is 14.6 Å². The van der Waals surface area contributed by atoms with E-state index in [0.717, 1.165) is 36.3 Å². The Morgan fingerprint density at radius 2 is 1.78 bits per heavy atom. The fourth-order valence-electron chi connectivity index (χ4n) is 2.37. The van der Waals surface area contributed by atoms with E-state index in [1.807, 2.05) is 18.2 Å². The van der Waals surface area contributed by atoms with E-state index in [4.69, 9.17) is 9.47 Å². The predicted molar refractivity (Wildman–Crippen MR) is 71.1 cm³/mol. The molecule has 0 radical (unpaired) electrons. The number of fused-ring (bicyclic) bond motifs is 1. The van der Waals surface area contributed by atoms with Crippen LogP contribution in [0.15, 0.2) is 18.2 Å². The number of rotatable bonds is 4. The van der Waals surface area contributed by atoms with Crippen LogP contribution < -0.4 is 9.47 Å². The highest BCUT2D eigenvalue weighted by Gasteiger charge is 2.20. The average molecular weight is 250 g/mol. The van der Waals surface area contributed by atoms with Crippen molar-refractivity contribution >= 4 is 0 Å². The van der Waals surface area contributed by atoms with Crippen molar-refractivity contribution in [1.82, 2.24) is 0 Å². The van der Waals surface area contributed by atoms with Gasteiger partial charge in [0.05, 0.1) is 19.3 Å². The maximum absolute atomic E-state index is 10.4. The maximum atomic E-state index is 10.4. The van der Waals surface area contributed by atoms with Gasteiger partial charge in [0.2, 0.25) is 0 Å². The fourth-order valence-corrected chi connectivity index (χ4v) is 2.37. The number of benzene rings is 1. The van der Waals surface area contributed by atoms with Crippen LogP contribution in [0.25, 0.3) is 0 Å². The van der Waals surface area contributed by atoms with Crippen LogP contribution in [0, 0.1) is 5.92 Å². The third kappa shape index (κ3) is 2.78. The van der Waals surface area contributed by atoms with E-state index < -0.39 is 6.10 Å². The Balaban J connectivity index is 2.21. The van der Waals surface area contributed by atoms with Crippen molar-refractivity contribution in [3.63, 3.8) is 0 Å². The van der Waals surface area contributed by atoms with Crippen molar-refractivity contribution in [3.05, 3.63) is 23.8 Å². The van der Waals surface area contributed by atoms with Gasteiger partial charge in [-0.25, -0.2) is 0 Å². The molecule has 100 valence electrons. The summed E-state index contributed by atoms with van der Waals surface area (Å²) in [6.07, 6.45) is 2.44. The lowest BCUT2D eigenvalue weighted by Crippen LogP contribution is -2.11. The van der Waals surface area contributed by atoms with Crippen molar-refractivity contribution < 1.29 is 14.6 Å². The van der Waals surface area contributed by atoms with Gasteiger partial charge >= 0.3 is 0 Å². The van der Waals surface area contributed by atoms with Crippen LogP contribution in [0.1, 0.15) is 44.8 Å². The summed E-state index contributed by atoms with van der Waals surface area (Å²) < 4.78 is 11.2. The van der Waals surface area contributed by atoms with Gasteiger partial charge in [0, 0.05) is 6.42 Å². The van der Waals surface area contributed by atoms with Crippen molar-refractivity contribution in [2.24, 2.45) is 5.92 Å². The Morgan fingerprint density at radius 3 is 2.44 bits per heavy atom. The molecule has 1 atom stereocenters. The van der Waals surface area contributed by atoms with E-state index in [-0.39, 0.29) is 0 Å². The molecule has 1 aliphatic rings. The van der Waals surface area contributed by atoms with E-state index in [1.165, 1.54) is 0 Å². The highest BCUT2D eigenvalue weighted by atomic mass is 16.5. The molecule has 0 bridgehead atoms. The van der Waals surface area contributed by atoms with Gasteiger partial charge in [-0.3, -0.25) is 0 Å². The summed E-state index contributed by atoms with van der Waals surface area (Å²) in [6.45, 7) is 5.60. The van der Waals surface area contributed by atoms with Gasteiger partial charge in [0.15, 0.2) is 11.5 Å². The SMILES string of the molecule is CCC(CC)C(O)c1ccc2c(c1)OCCCO2. The second-order valence-electron chi connectivity index (χ2n) is 4.78. The number of ether oxygens (including phenoxy) is 2. The lowest BCUT2D eigenvalue weighted by Gasteiger charge is -2.21. The molecule has 1 aliphatic heterocycles. The second kappa shape index (κ2) is 6.10. The molecular weight excluding hydrogens is 228 g/mol. The molecule has 1 aromatic rings. The topological polar surface area (TPSA) is 38.7 Å². The fraction of sp³-hybridized carbons (Fsp3) is 0.600. The first-order chi connectivity index (χ1) is 8.76. The van der Waals surface area contributed by atoms with E-state index in [9.17, 15) is 5.11 Å². The number of aliphatic hydroxyl groups is 1. The Hall–Kier alpha value is -1.22. The summed E-state index contributed by atoms with van der Waals surface area (Å²) in [5.74, 6) is 1.85. The standard InChI is InChI=1S/C15H22O3/c1-3-11(4-2)15(16)12-6-7-13-14(10-12)18-9-5-8-17-13/h6-7,10-11,15-16H,3-5,8-9H2,1-2H3. The van der Waals surface area contributed by atoms with Crippen LogP contribution in [-0.2, 0) is 0 Å². The van der Waals surface area contributed by atoms with E-state index in [2.05, 4.69) is 13.8 Å². The summed E-state index contributed by atoms with van der Waals surface area (Å²) in [5.41, 5.74) is 0.924. The first kappa shape index (κ1) is 13.2. The Kier molecular flexibility index (Phi) is 4.48. The van der Waals surface area contributed by atoms with Crippen LogP contribution in [0.2, 0.25) is 0 Å². The number of hydrogen-bond acceptors (Lipinski definition) is 3. The lowest BCUT2D eigenvalue weighted by atomic mass is 9.91. The molecule has 3 nitrogen and oxygen atoms in total. The van der Waals surface area contributed by atoms with Crippen molar-refractivity contribution in [3.8, 4) is 11.5 Å². The highest BCUT2D eigenvalue weighted by Crippen LogP contribution is 2.35. The molecule has 1 aromatic carbocycles. The van der Waals surface area contributed by atoms with Gasteiger partial charge in [-0.2, -0.15) is 0 Å². The Bertz CT molecular complexity index is 385. The minimum atomic E-state index is -0.419. The van der Waals surface area contributed by atoms with Crippen molar-refractivity contribution in [2.45, 2.75) is 39.2 Å². The molecule has 0 aromatic heterocycles. The third-order valence-corrected chi connectivity index (χ3v) is 3.61. The normalized spacial score (nSPS) is 16.4. The summed E-state index contributed by atoms with van der Waals surface area (Å²) in [6, 6.07) is 5.77. The molecule has 0 saturated carbocycles. The molecule has 2 rings (SSSR count). The molecule has 0 spiro atoms. The van der Waals surface area contributed by atoms with Gasteiger partial charge in [-0.05, 0) is 23.6 Å². The predicted octanol–water partition coefficient (Wildman–Crippen LogP) is 3.32. The maximum Gasteiger partial charge on any atom is 0.161 e. The molecule has 18 heavy (non-hydrogen) atoms. The number of hydrogen-bond donors (Lipinski definition) is 1. The molecule has 0 aliphatic carbocycles. The minimum Gasteiger partial charge on any atom is -0.490 e. The first-order valence-corrected chi connectivity index (χ1v) is 6.83. The second-order valence-corrected chi connectivity index (χ2v) is 4.78.